The minimum Gasteiger partial charge on any atom is -0.411 e. The fourth-order valence-corrected chi connectivity index (χ4v) is 11.2. The number of unbranched alkanes of at least 4 members (excludes halogenated alkanes) is 3. The highest BCUT2D eigenvalue weighted by Crippen LogP contribution is 2.63. The molecule has 1 aromatic heterocycles. The second-order valence-corrected chi connectivity index (χ2v) is 17.4. The predicted octanol–water partition coefficient (Wildman–Crippen LogP) is 8.15. The molecule has 1 aromatic rings. The standard InChI is InChI=1S/C23H47NOPSSi/c1-9-12-15-26(16-13-10-2,17-14-11-3)18-20-19-27-22(24-20)21(23(4,5)6)25-28(7)8/h19,21,28H,9-18H2,1-8H3/q+1. The molecule has 164 valence electrons. The topological polar surface area (TPSA) is 22.1 Å². The van der Waals surface area contributed by atoms with E-state index in [9.17, 15) is 0 Å². The Bertz CT molecular complexity index is 519. The van der Waals surface area contributed by atoms with E-state index >= 15 is 0 Å². The van der Waals surface area contributed by atoms with E-state index in [1.54, 1.807) is 0 Å². The van der Waals surface area contributed by atoms with Crippen LogP contribution in [0.3, 0.4) is 0 Å². The minimum atomic E-state index is -1.10. The van der Waals surface area contributed by atoms with Crippen LogP contribution in [0.25, 0.3) is 0 Å². The van der Waals surface area contributed by atoms with Gasteiger partial charge in [-0.1, -0.05) is 60.8 Å². The molecule has 0 aliphatic rings. The van der Waals surface area contributed by atoms with Crippen LogP contribution < -0.4 is 0 Å². The molecule has 0 N–H and O–H groups in total. The highest BCUT2D eigenvalue weighted by atomic mass is 32.1. The first-order valence-electron chi connectivity index (χ1n) is 11.6. The van der Waals surface area contributed by atoms with Gasteiger partial charge in [0.15, 0.2) is 9.04 Å². The summed E-state index contributed by atoms with van der Waals surface area (Å²) in [6, 6.07) is 0. The van der Waals surface area contributed by atoms with Crippen LogP contribution in [0.1, 0.15) is 96.9 Å². The van der Waals surface area contributed by atoms with E-state index in [0.29, 0.717) is 0 Å². The third kappa shape index (κ3) is 8.94. The summed E-state index contributed by atoms with van der Waals surface area (Å²) in [7, 11) is -2.04. The van der Waals surface area contributed by atoms with Crippen LogP contribution in [-0.2, 0) is 10.6 Å². The number of thiazole rings is 1. The number of aromatic nitrogens is 1. The Morgan fingerprint density at radius 2 is 1.50 bits per heavy atom. The lowest BCUT2D eigenvalue weighted by Crippen LogP contribution is -2.25. The van der Waals surface area contributed by atoms with Crippen molar-refractivity contribution in [3.8, 4) is 0 Å². The molecule has 0 fully saturated rings. The molecule has 2 nitrogen and oxygen atoms in total. The largest absolute Gasteiger partial charge is 0.411 e. The molecule has 1 heterocycles. The maximum atomic E-state index is 6.43. The van der Waals surface area contributed by atoms with Gasteiger partial charge in [-0.15, -0.1) is 11.3 Å². The number of hydrogen-bond acceptors (Lipinski definition) is 3. The minimum absolute atomic E-state index is 0.102. The van der Waals surface area contributed by atoms with Crippen LogP contribution >= 0.6 is 18.6 Å². The van der Waals surface area contributed by atoms with E-state index < -0.39 is 16.3 Å². The van der Waals surface area contributed by atoms with Crippen molar-refractivity contribution in [1.82, 2.24) is 4.98 Å². The van der Waals surface area contributed by atoms with Crippen molar-refractivity contribution in [1.29, 1.82) is 0 Å². The average molecular weight is 445 g/mol. The van der Waals surface area contributed by atoms with Gasteiger partial charge >= 0.3 is 0 Å². The first-order chi connectivity index (χ1) is 13.2. The quantitative estimate of drug-likeness (QED) is 0.213. The second kappa shape index (κ2) is 12.8. The van der Waals surface area contributed by atoms with Crippen LogP contribution in [0, 0.1) is 5.41 Å². The maximum absolute atomic E-state index is 6.43. The molecule has 0 aliphatic carbocycles. The van der Waals surface area contributed by atoms with E-state index in [1.807, 2.05) is 11.3 Å². The molecule has 1 atom stereocenters. The molecular weight excluding hydrogens is 397 g/mol. The summed E-state index contributed by atoms with van der Waals surface area (Å²) in [5.41, 5.74) is 1.46. The highest BCUT2D eigenvalue weighted by molar-refractivity contribution is 7.75. The summed E-state index contributed by atoms with van der Waals surface area (Å²) < 4.78 is 6.43. The van der Waals surface area contributed by atoms with Crippen molar-refractivity contribution in [2.24, 2.45) is 5.41 Å². The zero-order chi connectivity index (χ0) is 21.2. The lowest BCUT2D eigenvalue weighted by molar-refractivity contribution is 0.0862. The molecule has 5 heteroatoms. The predicted molar refractivity (Wildman–Crippen MR) is 134 cm³/mol. The third-order valence-corrected chi connectivity index (χ3v) is 12.0. The van der Waals surface area contributed by atoms with E-state index in [1.165, 1.54) is 73.9 Å². The molecule has 0 radical (unpaired) electrons. The van der Waals surface area contributed by atoms with Crippen molar-refractivity contribution in [3.63, 3.8) is 0 Å². The first kappa shape index (κ1) is 26.3. The Hall–Kier alpha value is 0.237. The van der Waals surface area contributed by atoms with E-state index in [4.69, 9.17) is 9.41 Å². The van der Waals surface area contributed by atoms with Gasteiger partial charge < -0.3 is 4.43 Å². The van der Waals surface area contributed by atoms with Crippen LogP contribution in [0.5, 0.6) is 0 Å². The van der Waals surface area contributed by atoms with Crippen LogP contribution in [0.4, 0.5) is 0 Å². The van der Waals surface area contributed by atoms with E-state index in [2.05, 4.69) is 60.0 Å². The lowest BCUT2D eigenvalue weighted by Gasteiger charge is -2.31. The van der Waals surface area contributed by atoms with Gasteiger partial charge in [-0.25, -0.2) is 4.98 Å². The Morgan fingerprint density at radius 3 is 1.89 bits per heavy atom. The Kier molecular flexibility index (Phi) is 12.0. The number of rotatable bonds is 14. The second-order valence-electron chi connectivity index (χ2n) is 9.84. The van der Waals surface area contributed by atoms with Crippen LogP contribution in [0.15, 0.2) is 5.38 Å². The summed E-state index contributed by atoms with van der Waals surface area (Å²) in [5.74, 6) is 0. The van der Waals surface area contributed by atoms with E-state index in [-0.39, 0.29) is 11.5 Å². The number of nitrogens with zero attached hydrogens (tertiary/aromatic N) is 1. The maximum Gasteiger partial charge on any atom is 0.171 e. The average Bonchev–Trinajstić information content (AvgIpc) is 3.07. The molecular formula is C23H47NOPSSi+. The van der Waals surface area contributed by atoms with Crippen molar-refractivity contribution >= 4 is 27.6 Å². The van der Waals surface area contributed by atoms with Crippen LogP contribution in [-0.4, -0.2) is 32.5 Å². The van der Waals surface area contributed by atoms with Crippen molar-refractivity contribution in [2.75, 3.05) is 18.5 Å². The summed E-state index contributed by atoms with van der Waals surface area (Å²) in [5, 5.41) is 3.57. The normalized spacial score (nSPS) is 14.0. The Balaban J connectivity index is 3.07. The van der Waals surface area contributed by atoms with Gasteiger partial charge in [0, 0.05) is 12.6 Å². The monoisotopic (exact) mass is 444 g/mol. The Labute approximate surface area is 182 Å². The molecule has 28 heavy (non-hydrogen) atoms. The van der Waals surface area contributed by atoms with Gasteiger partial charge in [0.1, 0.15) is 17.3 Å². The van der Waals surface area contributed by atoms with Gasteiger partial charge in [-0.05, 0) is 37.8 Å². The summed E-state index contributed by atoms with van der Waals surface area (Å²) in [4.78, 5) is 5.18. The van der Waals surface area contributed by atoms with Crippen molar-refractivity contribution < 1.29 is 4.43 Å². The zero-order valence-corrected chi connectivity index (χ0v) is 22.9. The molecule has 0 spiro atoms. The van der Waals surface area contributed by atoms with E-state index in [0.717, 1.165) is 0 Å². The number of hydrogen-bond donors (Lipinski definition) is 0. The van der Waals surface area contributed by atoms with Crippen LogP contribution in [0.2, 0.25) is 13.1 Å². The molecule has 0 aromatic carbocycles. The zero-order valence-electron chi connectivity index (χ0n) is 20.0. The fourth-order valence-electron chi connectivity index (χ4n) is 3.82. The summed E-state index contributed by atoms with van der Waals surface area (Å²) in [6.07, 6.45) is 14.0. The summed E-state index contributed by atoms with van der Waals surface area (Å²) in [6.45, 7) is 18.4. The molecule has 1 rings (SSSR count). The molecule has 0 bridgehead atoms. The smallest absolute Gasteiger partial charge is 0.171 e. The molecule has 0 saturated carbocycles. The highest BCUT2D eigenvalue weighted by Gasteiger charge is 2.37. The molecule has 0 saturated heterocycles. The molecule has 0 aliphatic heterocycles. The fraction of sp³-hybridized carbons (Fsp3) is 0.870. The van der Waals surface area contributed by atoms with Gasteiger partial charge in [0.2, 0.25) is 0 Å². The van der Waals surface area contributed by atoms with Crippen molar-refractivity contribution in [3.05, 3.63) is 16.1 Å². The van der Waals surface area contributed by atoms with Gasteiger partial charge in [-0.2, -0.15) is 0 Å². The van der Waals surface area contributed by atoms with Crippen molar-refractivity contribution in [2.45, 2.75) is 105 Å². The lowest BCUT2D eigenvalue weighted by atomic mass is 9.89. The van der Waals surface area contributed by atoms with Gasteiger partial charge in [0.05, 0.1) is 24.2 Å². The summed E-state index contributed by atoms with van der Waals surface area (Å²) >= 11 is 1.84. The molecule has 1 unspecified atom stereocenters. The van der Waals surface area contributed by atoms with Gasteiger partial charge in [0.25, 0.3) is 0 Å². The SMILES string of the molecule is CCCC[P+](CCCC)(CCCC)Cc1csc(C(O[SiH](C)C)C(C)(C)C)n1. The first-order valence-corrected chi connectivity index (χ1v) is 17.8. The third-order valence-electron chi connectivity index (χ3n) is 5.44. The van der Waals surface area contributed by atoms with Gasteiger partial charge in [-0.3, -0.25) is 0 Å². The Morgan fingerprint density at radius 1 is 1.00 bits per heavy atom. The molecule has 0 amide bonds.